The highest BCUT2D eigenvalue weighted by atomic mass is 32.2. The Morgan fingerprint density at radius 1 is 1.28 bits per heavy atom. The van der Waals surface area contributed by atoms with Crippen LogP contribution in [0.4, 0.5) is 0 Å². The average molecular weight is 267 g/mol. The van der Waals surface area contributed by atoms with E-state index >= 15 is 0 Å². The molecule has 1 aliphatic heterocycles. The largest absolute Gasteiger partial charge is 0.490 e. The molecule has 96 valence electrons. The molecule has 0 radical (unpaired) electrons. The predicted molar refractivity (Wildman–Crippen MR) is 64.3 cm³/mol. The van der Waals surface area contributed by atoms with E-state index in [0.717, 1.165) is 6.42 Å². The van der Waals surface area contributed by atoms with Crippen molar-refractivity contribution in [2.75, 3.05) is 13.2 Å². The molecule has 0 bridgehead atoms. The van der Waals surface area contributed by atoms with Gasteiger partial charge in [0.2, 0.25) is 0 Å². The summed E-state index contributed by atoms with van der Waals surface area (Å²) in [5, 5.41) is 7.65. The molecule has 5 nitrogen and oxygen atoms in total. The number of benzene rings is 1. The van der Waals surface area contributed by atoms with E-state index in [9.17, 15) is 8.42 Å². The van der Waals surface area contributed by atoms with Crippen molar-refractivity contribution in [3.63, 3.8) is 0 Å². The second-order valence-corrected chi connectivity index (χ2v) is 6.24. The molecule has 1 aromatic carbocycles. The zero-order valence-corrected chi connectivity index (χ0v) is 10.7. The molecule has 0 spiro atoms. The Hall–Kier alpha value is -1.74. The molecule has 0 amide bonds. The third-order valence-corrected chi connectivity index (χ3v) is 4.64. The minimum atomic E-state index is -3.63. The molecular weight excluding hydrogens is 254 g/mol. The maximum absolute atomic E-state index is 12.0. The Morgan fingerprint density at radius 2 is 1.94 bits per heavy atom. The van der Waals surface area contributed by atoms with Crippen LogP contribution >= 0.6 is 0 Å². The van der Waals surface area contributed by atoms with Gasteiger partial charge in [-0.05, 0) is 19.1 Å². The molecule has 0 fully saturated rings. The minimum Gasteiger partial charge on any atom is -0.490 e. The molecular formula is C12H13NO4S. The SMILES string of the molecule is CC(C#N)S(=O)(=O)c1ccc2c(c1)OCCCO2. The van der Waals surface area contributed by atoms with Crippen LogP contribution in [-0.4, -0.2) is 26.9 Å². The van der Waals surface area contributed by atoms with Gasteiger partial charge in [0.15, 0.2) is 21.3 Å². The van der Waals surface area contributed by atoms with Crippen molar-refractivity contribution in [2.45, 2.75) is 23.5 Å². The molecule has 1 unspecified atom stereocenters. The zero-order chi connectivity index (χ0) is 13.2. The highest BCUT2D eigenvalue weighted by Gasteiger charge is 2.24. The van der Waals surface area contributed by atoms with Gasteiger partial charge >= 0.3 is 0 Å². The molecule has 0 aromatic heterocycles. The average Bonchev–Trinajstić information content (AvgIpc) is 2.61. The number of hydrogen-bond acceptors (Lipinski definition) is 5. The van der Waals surface area contributed by atoms with Crippen LogP contribution in [0.15, 0.2) is 23.1 Å². The summed E-state index contributed by atoms with van der Waals surface area (Å²) in [6.45, 7) is 2.40. The lowest BCUT2D eigenvalue weighted by Crippen LogP contribution is -2.15. The topological polar surface area (TPSA) is 76.4 Å². The van der Waals surface area contributed by atoms with Crippen molar-refractivity contribution < 1.29 is 17.9 Å². The number of sulfone groups is 1. The first-order chi connectivity index (χ1) is 8.55. The van der Waals surface area contributed by atoms with Crippen molar-refractivity contribution >= 4 is 9.84 Å². The van der Waals surface area contributed by atoms with Gasteiger partial charge in [-0.2, -0.15) is 5.26 Å². The van der Waals surface area contributed by atoms with Gasteiger partial charge in [0.1, 0.15) is 5.25 Å². The van der Waals surface area contributed by atoms with E-state index in [2.05, 4.69) is 0 Å². The summed E-state index contributed by atoms with van der Waals surface area (Å²) < 4.78 is 34.9. The van der Waals surface area contributed by atoms with Crippen molar-refractivity contribution in [3.8, 4) is 17.6 Å². The fraction of sp³-hybridized carbons (Fsp3) is 0.417. The second kappa shape index (κ2) is 4.86. The van der Waals surface area contributed by atoms with Crippen molar-refractivity contribution in [3.05, 3.63) is 18.2 Å². The molecule has 0 saturated carbocycles. The quantitative estimate of drug-likeness (QED) is 0.812. The van der Waals surface area contributed by atoms with Crippen molar-refractivity contribution in [2.24, 2.45) is 0 Å². The highest BCUT2D eigenvalue weighted by molar-refractivity contribution is 7.92. The Labute approximate surface area is 106 Å². The van der Waals surface area contributed by atoms with Crippen LogP contribution in [0.25, 0.3) is 0 Å². The Balaban J connectivity index is 2.43. The molecule has 18 heavy (non-hydrogen) atoms. The third kappa shape index (κ3) is 2.27. The highest BCUT2D eigenvalue weighted by Crippen LogP contribution is 2.32. The van der Waals surface area contributed by atoms with E-state index in [1.807, 2.05) is 0 Å². The van der Waals surface area contributed by atoms with Crippen LogP contribution in [0, 0.1) is 11.3 Å². The predicted octanol–water partition coefficient (Wildman–Crippen LogP) is 1.53. The lowest BCUT2D eigenvalue weighted by atomic mass is 10.3. The molecule has 0 aliphatic carbocycles. The van der Waals surface area contributed by atoms with E-state index in [1.165, 1.54) is 19.1 Å². The number of ether oxygens (including phenoxy) is 2. The van der Waals surface area contributed by atoms with Crippen LogP contribution in [0.1, 0.15) is 13.3 Å². The molecule has 2 rings (SSSR count). The number of hydrogen-bond donors (Lipinski definition) is 0. The Bertz CT molecular complexity index is 589. The normalized spacial score (nSPS) is 16.4. The van der Waals surface area contributed by atoms with Crippen LogP contribution in [0.5, 0.6) is 11.5 Å². The number of nitrogens with zero attached hydrogens (tertiary/aromatic N) is 1. The zero-order valence-electron chi connectivity index (χ0n) is 9.92. The summed E-state index contributed by atoms with van der Waals surface area (Å²) in [5.74, 6) is 0.953. The van der Waals surface area contributed by atoms with Gasteiger partial charge < -0.3 is 9.47 Å². The van der Waals surface area contributed by atoms with E-state index < -0.39 is 15.1 Å². The summed E-state index contributed by atoms with van der Waals surface area (Å²) >= 11 is 0. The van der Waals surface area contributed by atoms with Gasteiger partial charge in [0.25, 0.3) is 0 Å². The first kappa shape index (κ1) is 12.7. The number of rotatable bonds is 2. The molecule has 1 heterocycles. The summed E-state index contributed by atoms with van der Waals surface area (Å²) in [6.07, 6.45) is 0.755. The summed E-state index contributed by atoms with van der Waals surface area (Å²) in [6, 6.07) is 6.16. The van der Waals surface area contributed by atoms with Crippen LogP contribution in [0.2, 0.25) is 0 Å². The minimum absolute atomic E-state index is 0.0841. The maximum atomic E-state index is 12.0. The van der Waals surface area contributed by atoms with Gasteiger partial charge in [0, 0.05) is 12.5 Å². The standard InChI is InChI=1S/C12H13NO4S/c1-9(8-13)18(14,15)10-3-4-11-12(7-10)17-6-2-5-16-11/h3-4,7,9H,2,5-6H2,1H3. The summed E-state index contributed by atoms with van der Waals surface area (Å²) in [5.41, 5.74) is 0. The van der Waals surface area contributed by atoms with Crippen molar-refractivity contribution in [1.82, 2.24) is 0 Å². The lowest BCUT2D eigenvalue weighted by molar-refractivity contribution is 0.297. The smallest absolute Gasteiger partial charge is 0.194 e. The maximum Gasteiger partial charge on any atom is 0.194 e. The van der Waals surface area contributed by atoms with E-state index in [-0.39, 0.29) is 4.90 Å². The van der Waals surface area contributed by atoms with Gasteiger partial charge in [-0.15, -0.1) is 0 Å². The van der Waals surface area contributed by atoms with Crippen LogP contribution in [0.3, 0.4) is 0 Å². The third-order valence-electron chi connectivity index (χ3n) is 2.69. The molecule has 0 saturated heterocycles. The number of fused-ring (bicyclic) bond motifs is 1. The number of nitriles is 1. The van der Waals surface area contributed by atoms with E-state index in [1.54, 1.807) is 12.1 Å². The molecule has 6 heteroatoms. The lowest BCUT2D eigenvalue weighted by Gasteiger charge is -2.10. The molecule has 1 atom stereocenters. The Morgan fingerprint density at radius 3 is 2.61 bits per heavy atom. The fourth-order valence-corrected chi connectivity index (χ4v) is 2.67. The van der Waals surface area contributed by atoms with Crippen molar-refractivity contribution in [1.29, 1.82) is 5.26 Å². The monoisotopic (exact) mass is 267 g/mol. The molecule has 0 N–H and O–H groups in total. The first-order valence-electron chi connectivity index (χ1n) is 5.59. The molecule has 1 aromatic rings. The van der Waals surface area contributed by atoms with Gasteiger partial charge in [-0.3, -0.25) is 0 Å². The van der Waals surface area contributed by atoms with Crippen LogP contribution < -0.4 is 9.47 Å². The van der Waals surface area contributed by atoms with Gasteiger partial charge in [-0.1, -0.05) is 0 Å². The second-order valence-electron chi connectivity index (χ2n) is 3.98. The van der Waals surface area contributed by atoms with E-state index in [4.69, 9.17) is 14.7 Å². The summed E-state index contributed by atoms with van der Waals surface area (Å²) in [7, 11) is -3.63. The fourth-order valence-electron chi connectivity index (χ4n) is 1.59. The van der Waals surface area contributed by atoms with Gasteiger partial charge in [-0.25, -0.2) is 8.42 Å². The summed E-state index contributed by atoms with van der Waals surface area (Å²) in [4.78, 5) is 0.0841. The molecule has 1 aliphatic rings. The van der Waals surface area contributed by atoms with Crippen LogP contribution in [-0.2, 0) is 9.84 Å². The Kier molecular flexibility index (Phi) is 3.43. The van der Waals surface area contributed by atoms with Gasteiger partial charge in [0.05, 0.1) is 24.2 Å². The van der Waals surface area contributed by atoms with E-state index in [0.29, 0.717) is 24.7 Å². The first-order valence-corrected chi connectivity index (χ1v) is 7.13.